The van der Waals surface area contributed by atoms with Gasteiger partial charge >= 0.3 is 0 Å². The van der Waals surface area contributed by atoms with Crippen molar-refractivity contribution in [2.24, 2.45) is 5.92 Å². The van der Waals surface area contributed by atoms with Crippen LogP contribution in [0.1, 0.15) is 30.9 Å². The Bertz CT molecular complexity index is 480. The minimum absolute atomic E-state index is 0.0736. The molecule has 21 heavy (non-hydrogen) atoms. The van der Waals surface area contributed by atoms with E-state index < -0.39 is 0 Å². The lowest BCUT2D eigenvalue weighted by atomic mass is 9.96. The minimum atomic E-state index is 0.0736. The molecule has 1 amide bonds. The van der Waals surface area contributed by atoms with E-state index in [2.05, 4.69) is 29.3 Å². The van der Waals surface area contributed by atoms with Gasteiger partial charge in [0, 0.05) is 20.0 Å². The molecule has 0 radical (unpaired) electrons. The number of rotatable bonds is 5. The van der Waals surface area contributed by atoms with Crippen molar-refractivity contribution in [1.29, 1.82) is 0 Å². The third-order valence-corrected chi connectivity index (χ3v) is 4.36. The highest BCUT2D eigenvalue weighted by atomic mass is 16.5. The van der Waals surface area contributed by atoms with Crippen LogP contribution in [0, 0.1) is 12.8 Å². The molecule has 1 N–H and O–H groups in total. The van der Waals surface area contributed by atoms with Gasteiger partial charge in [-0.3, -0.25) is 9.69 Å². The summed E-state index contributed by atoms with van der Waals surface area (Å²) in [4.78, 5) is 13.4. The van der Waals surface area contributed by atoms with Crippen LogP contribution in [0.2, 0.25) is 0 Å². The number of hydrogen-bond acceptors (Lipinski definition) is 3. The summed E-state index contributed by atoms with van der Waals surface area (Å²) in [5, 5.41) is 2.93. The normalized spacial score (nSPS) is 16.7. The minimum Gasteiger partial charge on any atom is -0.496 e. The van der Waals surface area contributed by atoms with Crippen LogP contribution in [-0.2, 0) is 11.3 Å². The molecule has 116 valence electrons. The number of amides is 1. The van der Waals surface area contributed by atoms with Crippen LogP contribution in [-0.4, -0.2) is 37.6 Å². The fourth-order valence-corrected chi connectivity index (χ4v) is 2.93. The maximum atomic E-state index is 11.0. The smallest absolute Gasteiger partial charge is 0.216 e. The second-order valence-corrected chi connectivity index (χ2v) is 5.90. The highest BCUT2D eigenvalue weighted by Gasteiger charge is 2.20. The largest absolute Gasteiger partial charge is 0.496 e. The Labute approximate surface area is 127 Å². The topological polar surface area (TPSA) is 41.6 Å². The Kier molecular flexibility index (Phi) is 5.62. The number of carbonyl (C=O) groups excluding carboxylic acids is 1. The third kappa shape index (κ3) is 4.46. The average Bonchev–Trinajstić information content (AvgIpc) is 2.48. The van der Waals surface area contributed by atoms with E-state index in [9.17, 15) is 4.79 Å². The number of ether oxygens (including phenoxy) is 1. The van der Waals surface area contributed by atoms with Gasteiger partial charge in [0.05, 0.1) is 7.11 Å². The molecule has 0 aromatic heterocycles. The first-order valence-electron chi connectivity index (χ1n) is 7.69. The summed E-state index contributed by atoms with van der Waals surface area (Å²) in [6, 6.07) is 6.25. The second-order valence-electron chi connectivity index (χ2n) is 5.90. The number of nitrogens with one attached hydrogen (secondary N) is 1. The molecular formula is C17H26N2O2. The van der Waals surface area contributed by atoms with Crippen molar-refractivity contribution in [1.82, 2.24) is 10.2 Å². The molecule has 1 saturated heterocycles. The first-order chi connectivity index (χ1) is 10.1. The van der Waals surface area contributed by atoms with Gasteiger partial charge in [-0.2, -0.15) is 0 Å². The molecule has 1 fully saturated rings. The van der Waals surface area contributed by atoms with Gasteiger partial charge in [0.15, 0.2) is 0 Å². The highest BCUT2D eigenvalue weighted by molar-refractivity contribution is 5.72. The highest BCUT2D eigenvalue weighted by Crippen LogP contribution is 2.24. The number of piperidine rings is 1. The molecule has 1 aromatic carbocycles. The Balaban J connectivity index is 1.85. The summed E-state index contributed by atoms with van der Waals surface area (Å²) in [6.45, 7) is 7.71. The number of carbonyl (C=O) groups is 1. The first kappa shape index (κ1) is 15.8. The van der Waals surface area contributed by atoms with Gasteiger partial charge < -0.3 is 10.1 Å². The van der Waals surface area contributed by atoms with Crippen LogP contribution in [0.5, 0.6) is 5.75 Å². The van der Waals surface area contributed by atoms with E-state index in [4.69, 9.17) is 4.74 Å². The molecule has 0 unspecified atom stereocenters. The maximum absolute atomic E-state index is 11.0. The van der Waals surface area contributed by atoms with Gasteiger partial charge in [-0.25, -0.2) is 0 Å². The fourth-order valence-electron chi connectivity index (χ4n) is 2.93. The fraction of sp³-hybridized carbons (Fsp3) is 0.588. The van der Waals surface area contributed by atoms with Gasteiger partial charge in [-0.15, -0.1) is 0 Å². The molecule has 0 aliphatic carbocycles. The number of nitrogens with zero attached hydrogens (tertiary/aromatic N) is 1. The molecular weight excluding hydrogens is 264 g/mol. The second kappa shape index (κ2) is 7.46. The Morgan fingerprint density at radius 3 is 2.71 bits per heavy atom. The van der Waals surface area contributed by atoms with Crippen molar-refractivity contribution in [3.8, 4) is 5.75 Å². The van der Waals surface area contributed by atoms with Crippen LogP contribution in [0.25, 0.3) is 0 Å². The lowest BCUT2D eigenvalue weighted by Gasteiger charge is -2.32. The van der Waals surface area contributed by atoms with Crippen LogP contribution >= 0.6 is 0 Å². The molecule has 1 heterocycles. The van der Waals surface area contributed by atoms with Crippen molar-refractivity contribution in [2.75, 3.05) is 26.7 Å². The van der Waals surface area contributed by atoms with Crippen molar-refractivity contribution >= 4 is 5.91 Å². The molecule has 0 saturated carbocycles. The predicted molar refractivity (Wildman–Crippen MR) is 84.4 cm³/mol. The van der Waals surface area contributed by atoms with Gasteiger partial charge in [0.1, 0.15) is 5.75 Å². The molecule has 2 rings (SSSR count). The van der Waals surface area contributed by atoms with E-state index in [0.29, 0.717) is 5.92 Å². The van der Waals surface area contributed by atoms with E-state index in [1.165, 1.54) is 11.1 Å². The van der Waals surface area contributed by atoms with Gasteiger partial charge in [0.2, 0.25) is 5.91 Å². The molecule has 1 aromatic rings. The Morgan fingerprint density at radius 2 is 2.10 bits per heavy atom. The van der Waals surface area contributed by atoms with Crippen LogP contribution in [0.3, 0.4) is 0 Å². The zero-order chi connectivity index (χ0) is 15.2. The molecule has 1 aliphatic heterocycles. The van der Waals surface area contributed by atoms with E-state index in [1.807, 2.05) is 6.07 Å². The van der Waals surface area contributed by atoms with Crippen LogP contribution < -0.4 is 10.1 Å². The summed E-state index contributed by atoms with van der Waals surface area (Å²) < 4.78 is 5.39. The standard InChI is InChI=1S/C17H26N2O2/c1-13-16(5-4-6-17(13)21-3)12-19-9-7-15(8-10-19)11-18-14(2)20/h4-6,15H,7-12H2,1-3H3,(H,18,20). The monoisotopic (exact) mass is 290 g/mol. The molecule has 0 spiro atoms. The van der Waals surface area contributed by atoms with Crippen LogP contribution in [0.4, 0.5) is 0 Å². The van der Waals surface area contributed by atoms with Crippen molar-refractivity contribution < 1.29 is 9.53 Å². The van der Waals surface area contributed by atoms with Gasteiger partial charge in [-0.05, 0) is 56.0 Å². The van der Waals surface area contributed by atoms with Crippen molar-refractivity contribution in [2.45, 2.75) is 33.2 Å². The zero-order valence-corrected chi connectivity index (χ0v) is 13.3. The van der Waals surface area contributed by atoms with E-state index in [-0.39, 0.29) is 5.91 Å². The third-order valence-electron chi connectivity index (χ3n) is 4.36. The molecule has 0 bridgehead atoms. The zero-order valence-electron chi connectivity index (χ0n) is 13.3. The van der Waals surface area contributed by atoms with Crippen molar-refractivity contribution in [3.05, 3.63) is 29.3 Å². The van der Waals surface area contributed by atoms with Gasteiger partial charge in [-0.1, -0.05) is 12.1 Å². The van der Waals surface area contributed by atoms with Crippen molar-refractivity contribution in [3.63, 3.8) is 0 Å². The number of likely N-dealkylation sites (tertiary alicyclic amines) is 1. The van der Waals surface area contributed by atoms with Crippen LogP contribution in [0.15, 0.2) is 18.2 Å². The molecule has 4 nitrogen and oxygen atoms in total. The number of methoxy groups -OCH3 is 1. The quantitative estimate of drug-likeness (QED) is 0.905. The summed E-state index contributed by atoms with van der Waals surface area (Å²) in [6.07, 6.45) is 2.31. The average molecular weight is 290 g/mol. The molecule has 0 atom stereocenters. The van der Waals surface area contributed by atoms with E-state index in [0.717, 1.165) is 44.8 Å². The maximum Gasteiger partial charge on any atom is 0.216 e. The Hall–Kier alpha value is -1.55. The summed E-state index contributed by atoms with van der Waals surface area (Å²) in [7, 11) is 1.72. The van der Waals surface area contributed by atoms with E-state index in [1.54, 1.807) is 14.0 Å². The summed E-state index contributed by atoms with van der Waals surface area (Å²) >= 11 is 0. The SMILES string of the molecule is COc1cccc(CN2CCC(CNC(C)=O)CC2)c1C. The number of benzene rings is 1. The molecule has 4 heteroatoms. The first-order valence-corrected chi connectivity index (χ1v) is 7.69. The van der Waals surface area contributed by atoms with E-state index >= 15 is 0 Å². The summed E-state index contributed by atoms with van der Waals surface area (Å²) in [5.41, 5.74) is 2.58. The lowest BCUT2D eigenvalue weighted by Crippen LogP contribution is -2.37. The predicted octanol–water partition coefficient (Wildman–Crippen LogP) is 2.35. The molecule has 1 aliphatic rings. The number of hydrogen-bond donors (Lipinski definition) is 1. The Morgan fingerprint density at radius 1 is 1.38 bits per heavy atom. The summed E-state index contributed by atoms with van der Waals surface area (Å²) in [5.74, 6) is 1.66. The van der Waals surface area contributed by atoms with Gasteiger partial charge in [0.25, 0.3) is 0 Å². The lowest BCUT2D eigenvalue weighted by molar-refractivity contribution is -0.119.